The average molecular weight is 127 g/mol. The fourth-order valence-corrected chi connectivity index (χ4v) is 1.32. The summed E-state index contributed by atoms with van der Waals surface area (Å²) in [6.45, 7) is 2.18. The summed E-state index contributed by atoms with van der Waals surface area (Å²) in [5.41, 5.74) is 0. The van der Waals surface area contributed by atoms with Crippen LogP contribution in [0, 0.1) is 11.8 Å². The SMILES string of the molecule is CNC(=O)C1CC(C)C1. The van der Waals surface area contributed by atoms with Gasteiger partial charge in [-0.3, -0.25) is 4.79 Å². The van der Waals surface area contributed by atoms with E-state index in [-0.39, 0.29) is 5.91 Å². The first kappa shape index (κ1) is 6.59. The Balaban J connectivity index is 2.23. The first-order chi connectivity index (χ1) is 4.24. The lowest BCUT2D eigenvalue weighted by Gasteiger charge is -2.30. The maximum absolute atomic E-state index is 10.8. The molecule has 0 aromatic rings. The van der Waals surface area contributed by atoms with E-state index in [1.165, 1.54) is 0 Å². The minimum Gasteiger partial charge on any atom is -0.359 e. The van der Waals surface area contributed by atoms with E-state index in [2.05, 4.69) is 12.2 Å². The molecule has 0 aromatic carbocycles. The highest BCUT2D eigenvalue weighted by Crippen LogP contribution is 2.32. The van der Waals surface area contributed by atoms with Crippen molar-refractivity contribution in [3.05, 3.63) is 0 Å². The van der Waals surface area contributed by atoms with Gasteiger partial charge in [0.05, 0.1) is 0 Å². The van der Waals surface area contributed by atoms with Crippen LogP contribution in [-0.2, 0) is 4.79 Å². The number of nitrogens with one attached hydrogen (secondary N) is 1. The molecule has 0 unspecified atom stereocenters. The van der Waals surface area contributed by atoms with E-state index in [1.807, 2.05) is 0 Å². The number of amides is 1. The lowest BCUT2D eigenvalue weighted by atomic mass is 9.76. The molecular weight excluding hydrogens is 114 g/mol. The fraction of sp³-hybridized carbons (Fsp3) is 0.857. The van der Waals surface area contributed by atoms with Crippen LogP contribution in [0.15, 0.2) is 0 Å². The third-order valence-electron chi connectivity index (χ3n) is 1.99. The number of rotatable bonds is 1. The molecule has 0 saturated heterocycles. The van der Waals surface area contributed by atoms with Gasteiger partial charge in [0, 0.05) is 13.0 Å². The second-order valence-electron chi connectivity index (χ2n) is 2.89. The van der Waals surface area contributed by atoms with Crippen molar-refractivity contribution in [2.75, 3.05) is 7.05 Å². The standard InChI is InChI=1S/C7H13NO/c1-5-3-6(4-5)7(9)8-2/h5-6H,3-4H2,1-2H3,(H,8,9). The molecule has 1 amide bonds. The van der Waals surface area contributed by atoms with Gasteiger partial charge in [-0.25, -0.2) is 0 Å². The highest BCUT2D eigenvalue weighted by atomic mass is 16.1. The van der Waals surface area contributed by atoms with Crippen molar-refractivity contribution < 1.29 is 4.79 Å². The smallest absolute Gasteiger partial charge is 0.222 e. The normalized spacial score (nSPS) is 33.1. The first-order valence-corrected chi connectivity index (χ1v) is 3.45. The topological polar surface area (TPSA) is 29.1 Å². The number of carbonyl (C=O) groups excluding carboxylic acids is 1. The summed E-state index contributed by atoms with van der Waals surface area (Å²) in [7, 11) is 1.70. The second kappa shape index (κ2) is 2.38. The van der Waals surface area contributed by atoms with Crippen LogP contribution in [0.5, 0.6) is 0 Å². The Morgan fingerprint density at radius 3 is 2.44 bits per heavy atom. The van der Waals surface area contributed by atoms with Gasteiger partial charge >= 0.3 is 0 Å². The minimum atomic E-state index is 0.216. The molecule has 2 nitrogen and oxygen atoms in total. The summed E-state index contributed by atoms with van der Waals surface area (Å²) in [6.07, 6.45) is 2.17. The monoisotopic (exact) mass is 127 g/mol. The quantitative estimate of drug-likeness (QED) is 0.554. The van der Waals surface area contributed by atoms with Crippen LogP contribution in [0.3, 0.4) is 0 Å². The van der Waals surface area contributed by atoms with Crippen LogP contribution in [0.4, 0.5) is 0 Å². The lowest BCUT2D eigenvalue weighted by molar-refractivity contribution is -0.128. The molecule has 52 valence electrons. The zero-order chi connectivity index (χ0) is 6.85. The van der Waals surface area contributed by atoms with Crippen LogP contribution >= 0.6 is 0 Å². The van der Waals surface area contributed by atoms with Crippen molar-refractivity contribution in [2.24, 2.45) is 11.8 Å². The molecule has 0 aromatic heterocycles. The Morgan fingerprint density at radius 1 is 1.56 bits per heavy atom. The number of carbonyl (C=O) groups is 1. The average Bonchev–Trinajstić information content (AvgIpc) is 1.79. The summed E-state index contributed by atoms with van der Waals surface area (Å²) in [6, 6.07) is 0. The van der Waals surface area contributed by atoms with Gasteiger partial charge in [-0.2, -0.15) is 0 Å². The Morgan fingerprint density at radius 2 is 2.11 bits per heavy atom. The molecule has 1 aliphatic carbocycles. The second-order valence-corrected chi connectivity index (χ2v) is 2.89. The van der Waals surface area contributed by atoms with E-state index in [0.29, 0.717) is 5.92 Å². The third kappa shape index (κ3) is 1.23. The summed E-state index contributed by atoms with van der Waals surface area (Å²) in [5, 5.41) is 2.65. The van der Waals surface area contributed by atoms with Gasteiger partial charge in [0.25, 0.3) is 0 Å². The molecule has 0 heterocycles. The van der Waals surface area contributed by atoms with Gasteiger partial charge in [0.15, 0.2) is 0 Å². The maximum Gasteiger partial charge on any atom is 0.222 e. The summed E-state index contributed by atoms with van der Waals surface area (Å²) < 4.78 is 0. The van der Waals surface area contributed by atoms with Crippen molar-refractivity contribution in [1.82, 2.24) is 5.32 Å². The molecule has 0 spiro atoms. The summed E-state index contributed by atoms with van der Waals surface area (Å²) in [5.74, 6) is 1.31. The van der Waals surface area contributed by atoms with Gasteiger partial charge in [0.1, 0.15) is 0 Å². The molecule has 1 rings (SSSR count). The Bertz CT molecular complexity index is 116. The number of hydrogen-bond acceptors (Lipinski definition) is 1. The molecule has 1 aliphatic rings. The van der Waals surface area contributed by atoms with Gasteiger partial charge in [-0.05, 0) is 18.8 Å². The van der Waals surface area contributed by atoms with Gasteiger partial charge < -0.3 is 5.32 Å². The molecular formula is C7H13NO. The van der Waals surface area contributed by atoms with Crippen molar-refractivity contribution in [1.29, 1.82) is 0 Å². The Labute approximate surface area is 55.6 Å². The molecule has 9 heavy (non-hydrogen) atoms. The zero-order valence-electron chi connectivity index (χ0n) is 5.98. The van der Waals surface area contributed by atoms with E-state index in [0.717, 1.165) is 18.8 Å². The predicted molar refractivity (Wildman–Crippen MR) is 36.0 cm³/mol. The largest absolute Gasteiger partial charge is 0.359 e. The van der Waals surface area contributed by atoms with Crippen molar-refractivity contribution >= 4 is 5.91 Å². The Kier molecular flexibility index (Phi) is 1.74. The van der Waals surface area contributed by atoms with Crippen LogP contribution < -0.4 is 5.32 Å². The molecule has 0 radical (unpaired) electrons. The summed E-state index contributed by atoms with van der Waals surface area (Å²) in [4.78, 5) is 10.8. The predicted octanol–water partition coefficient (Wildman–Crippen LogP) is 0.778. The van der Waals surface area contributed by atoms with Crippen molar-refractivity contribution in [3.8, 4) is 0 Å². The number of hydrogen-bond donors (Lipinski definition) is 1. The lowest BCUT2D eigenvalue weighted by Crippen LogP contribution is -2.35. The maximum atomic E-state index is 10.8. The highest BCUT2D eigenvalue weighted by molar-refractivity contribution is 5.79. The van der Waals surface area contributed by atoms with Gasteiger partial charge in [-0.1, -0.05) is 6.92 Å². The van der Waals surface area contributed by atoms with E-state index in [9.17, 15) is 4.79 Å². The first-order valence-electron chi connectivity index (χ1n) is 3.45. The van der Waals surface area contributed by atoms with E-state index >= 15 is 0 Å². The third-order valence-corrected chi connectivity index (χ3v) is 1.99. The molecule has 1 saturated carbocycles. The minimum absolute atomic E-state index is 0.216. The molecule has 0 aliphatic heterocycles. The Hall–Kier alpha value is -0.530. The van der Waals surface area contributed by atoms with Crippen molar-refractivity contribution in [3.63, 3.8) is 0 Å². The molecule has 0 atom stereocenters. The van der Waals surface area contributed by atoms with Crippen LogP contribution in [0.2, 0.25) is 0 Å². The zero-order valence-corrected chi connectivity index (χ0v) is 5.98. The molecule has 2 heteroatoms. The van der Waals surface area contributed by atoms with Crippen LogP contribution in [0.25, 0.3) is 0 Å². The van der Waals surface area contributed by atoms with E-state index in [4.69, 9.17) is 0 Å². The van der Waals surface area contributed by atoms with Crippen LogP contribution in [-0.4, -0.2) is 13.0 Å². The van der Waals surface area contributed by atoms with E-state index in [1.54, 1.807) is 7.05 Å². The molecule has 0 bridgehead atoms. The van der Waals surface area contributed by atoms with Crippen molar-refractivity contribution in [2.45, 2.75) is 19.8 Å². The van der Waals surface area contributed by atoms with Gasteiger partial charge in [-0.15, -0.1) is 0 Å². The molecule has 1 N–H and O–H groups in total. The van der Waals surface area contributed by atoms with Gasteiger partial charge in [0.2, 0.25) is 5.91 Å². The fourth-order valence-electron chi connectivity index (χ4n) is 1.32. The van der Waals surface area contributed by atoms with Crippen LogP contribution in [0.1, 0.15) is 19.8 Å². The highest BCUT2D eigenvalue weighted by Gasteiger charge is 2.30. The summed E-state index contributed by atoms with van der Waals surface area (Å²) >= 11 is 0. The van der Waals surface area contributed by atoms with E-state index < -0.39 is 0 Å². The molecule has 1 fully saturated rings.